The number of benzene rings is 4. The van der Waals surface area contributed by atoms with Crippen LogP contribution in [0.5, 0.6) is 0 Å². The van der Waals surface area contributed by atoms with Gasteiger partial charge >= 0.3 is 12.1 Å². The molecule has 0 atom stereocenters. The Hall–Kier alpha value is -5.48. The van der Waals surface area contributed by atoms with Crippen molar-refractivity contribution < 1.29 is 32.2 Å². The number of methoxy groups -OCH3 is 2. The zero-order valence-electron chi connectivity index (χ0n) is 24.9. The molecule has 0 saturated carbocycles. The fraction of sp³-hybridized carbons (Fsp3) is 0.139. The van der Waals surface area contributed by atoms with Gasteiger partial charge in [-0.1, -0.05) is 72.8 Å². The highest BCUT2D eigenvalue weighted by atomic mass is 19.4. The van der Waals surface area contributed by atoms with E-state index in [1.54, 1.807) is 60.2 Å². The van der Waals surface area contributed by atoms with Crippen molar-refractivity contribution in [1.29, 1.82) is 0 Å². The molecule has 10 heteroatoms. The number of rotatable bonds is 9. The molecular formula is C36H28F3N3O4. The van der Waals surface area contributed by atoms with Gasteiger partial charge in [0.25, 0.3) is 0 Å². The van der Waals surface area contributed by atoms with Gasteiger partial charge in [-0.2, -0.15) is 13.2 Å². The quantitative estimate of drug-likeness (QED) is 0.121. The molecule has 0 saturated heterocycles. The first kappa shape index (κ1) is 30.5. The van der Waals surface area contributed by atoms with Crippen molar-refractivity contribution in [3.63, 3.8) is 0 Å². The van der Waals surface area contributed by atoms with Gasteiger partial charge in [0.1, 0.15) is 5.69 Å². The summed E-state index contributed by atoms with van der Waals surface area (Å²) < 4.78 is 54.5. The molecule has 0 radical (unpaired) electrons. The maximum absolute atomic E-state index is 14.5. The lowest BCUT2D eigenvalue weighted by atomic mass is 10.00. The van der Waals surface area contributed by atoms with Gasteiger partial charge < -0.3 is 14.0 Å². The molecule has 0 unspecified atom stereocenters. The Kier molecular flexibility index (Phi) is 8.29. The Morgan fingerprint density at radius 2 is 1.46 bits per heavy atom. The number of imidazole rings is 1. The molecule has 0 bridgehead atoms. The van der Waals surface area contributed by atoms with E-state index in [0.29, 0.717) is 58.1 Å². The van der Waals surface area contributed by atoms with Crippen LogP contribution in [0.3, 0.4) is 0 Å². The van der Waals surface area contributed by atoms with Crippen molar-refractivity contribution >= 4 is 22.8 Å². The van der Waals surface area contributed by atoms with Crippen LogP contribution in [0.25, 0.3) is 39.4 Å². The fourth-order valence-corrected chi connectivity index (χ4v) is 5.48. The predicted octanol–water partition coefficient (Wildman–Crippen LogP) is 7.84. The van der Waals surface area contributed by atoms with E-state index >= 15 is 0 Å². The number of hydrogen-bond donors (Lipinski definition) is 0. The highest BCUT2D eigenvalue weighted by Crippen LogP contribution is 2.39. The number of carbonyl (C=O) groups excluding carboxylic acids is 2. The summed E-state index contributed by atoms with van der Waals surface area (Å²) in [6, 6.07) is 29.6. The summed E-state index contributed by atoms with van der Waals surface area (Å²) in [6.45, 7) is 0.617. The first-order chi connectivity index (χ1) is 22.2. The summed E-state index contributed by atoms with van der Waals surface area (Å²) >= 11 is 0. The SMILES string of the molecule is COCCn1c(-n2c(-c3ccc(C(F)(F)F)cc3)cc(-c3ccccc3)c2C(=O)c2ccccc2)nc2cc(C(=O)OC)ccc21. The van der Waals surface area contributed by atoms with Crippen molar-refractivity contribution in [1.82, 2.24) is 14.1 Å². The molecule has 46 heavy (non-hydrogen) atoms. The van der Waals surface area contributed by atoms with E-state index in [0.717, 1.165) is 17.7 Å². The number of hydrogen-bond acceptors (Lipinski definition) is 5. The highest BCUT2D eigenvalue weighted by molar-refractivity contribution is 6.13. The van der Waals surface area contributed by atoms with E-state index in [-0.39, 0.29) is 11.5 Å². The van der Waals surface area contributed by atoms with E-state index in [4.69, 9.17) is 14.5 Å². The van der Waals surface area contributed by atoms with Crippen LogP contribution in [-0.4, -0.2) is 46.7 Å². The molecule has 6 rings (SSSR count). The maximum atomic E-state index is 14.5. The molecule has 232 valence electrons. The fourth-order valence-electron chi connectivity index (χ4n) is 5.48. The van der Waals surface area contributed by atoms with Gasteiger partial charge in [-0.05, 0) is 47.5 Å². The van der Waals surface area contributed by atoms with E-state index in [1.165, 1.54) is 19.2 Å². The van der Waals surface area contributed by atoms with Crippen molar-refractivity contribution in [2.24, 2.45) is 0 Å². The molecule has 2 aromatic heterocycles. The summed E-state index contributed by atoms with van der Waals surface area (Å²) in [5, 5.41) is 0. The Bertz CT molecular complexity index is 2030. The number of fused-ring (bicyclic) bond motifs is 1. The third-order valence-electron chi connectivity index (χ3n) is 7.71. The summed E-state index contributed by atoms with van der Waals surface area (Å²) in [5.41, 5.74) is 3.52. The monoisotopic (exact) mass is 623 g/mol. The molecule has 0 fully saturated rings. The molecular weight excluding hydrogens is 595 g/mol. The van der Waals surface area contributed by atoms with Gasteiger partial charge in [-0.15, -0.1) is 0 Å². The molecule has 0 amide bonds. The number of nitrogens with zero attached hydrogens (tertiary/aromatic N) is 3. The zero-order valence-corrected chi connectivity index (χ0v) is 24.9. The molecule has 2 heterocycles. The maximum Gasteiger partial charge on any atom is 0.416 e. The Morgan fingerprint density at radius 1 is 0.783 bits per heavy atom. The van der Waals surface area contributed by atoms with Crippen LogP contribution in [0.1, 0.15) is 32.0 Å². The summed E-state index contributed by atoms with van der Waals surface area (Å²) in [4.78, 5) is 31.8. The number of alkyl halides is 3. The Labute approximate surface area is 262 Å². The average molecular weight is 624 g/mol. The minimum Gasteiger partial charge on any atom is -0.465 e. The lowest BCUT2D eigenvalue weighted by Crippen LogP contribution is -2.17. The lowest BCUT2D eigenvalue weighted by Gasteiger charge is -2.16. The van der Waals surface area contributed by atoms with Gasteiger partial charge in [0.05, 0.1) is 41.6 Å². The van der Waals surface area contributed by atoms with Crippen molar-refractivity contribution in [2.75, 3.05) is 20.8 Å². The standard InChI is InChI=1S/C36H28F3N3O4/c1-45-20-19-41-30-18-15-26(34(44)46-2)21-29(30)40-35(41)42-31(24-13-16-27(17-14-24)36(37,38)39)22-28(23-9-5-3-6-10-23)32(42)33(43)25-11-7-4-8-12-25/h3-18,21-22H,19-20H2,1-2H3. The Balaban J connectivity index is 1.71. The molecule has 0 aliphatic rings. The lowest BCUT2D eigenvalue weighted by molar-refractivity contribution is -0.137. The van der Waals surface area contributed by atoms with Crippen molar-refractivity contribution in [3.8, 4) is 28.3 Å². The number of ether oxygens (including phenoxy) is 2. The number of esters is 1. The molecule has 7 nitrogen and oxygen atoms in total. The Morgan fingerprint density at radius 3 is 2.09 bits per heavy atom. The second-order valence-corrected chi connectivity index (χ2v) is 10.5. The van der Waals surface area contributed by atoms with Gasteiger partial charge in [0, 0.05) is 24.8 Å². The first-order valence-corrected chi connectivity index (χ1v) is 14.4. The number of halogens is 3. The van der Waals surface area contributed by atoms with Gasteiger partial charge in [-0.25, -0.2) is 9.78 Å². The van der Waals surface area contributed by atoms with Crippen LogP contribution >= 0.6 is 0 Å². The number of ketones is 1. The van der Waals surface area contributed by atoms with Gasteiger partial charge in [0.15, 0.2) is 0 Å². The molecule has 0 aliphatic heterocycles. The van der Waals surface area contributed by atoms with Gasteiger partial charge in [-0.3, -0.25) is 9.36 Å². The number of aromatic nitrogens is 3. The number of carbonyl (C=O) groups is 2. The third-order valence-corrected chi connectivity index (χ3v) is 7.71. The van der Waals surface area contributed by atoms with Crippen LogP contribution in [0.15, 0.2) is 109 Å². The molecule has 0 spiro atoms. The van der Waals surface area contributed by atoms with E-state index in [9.17, 15) is 22.8 Å². The van der Waals surface area contributed by atoms with Crippen molar-refractivity contribution in [3.05, 3.63) is 132 Å². The second kappa shape index (κ2) is 12.5. The summed E-state index contributed by atoms with van der Waals surface area (Å²) in [5.74, 6) is -0.517. The van der Waals surface area contributed by atoms with Crippen LogP contribution < -0.4 is 0 Å². The smallest absolute Gasteiger partial charge is 0.416 e. The third kappa shape index (κ3) is 5.70. The zero-order chi connectivity index (χ0) is 32.4. The van der Waals surface area contributed by atoms with Crippen LogP contribution in [0, 0.1) is 0 Å². The van der Waals surface area contributed by atoms with E-state index in [1.807, 2.05) is 41.0 Å². The first-order valence-electron chi connectivity index (χ1n) is 14.4. The molecule has 4 aromatic carbocycles. The largest absolute Gasteiger partial charge is 0.465 e. The minimum atomic E-state index is -4.52. The van der Waals surface area contributed by atoms with E-state index < -0.39 is 17.7 Å². The summed E-state index contributed by atoms with van der Waals surface area (Å²) in [6.07, 6.45) is -4.52. The predicted molar refractivity (Wildman–Crippen MR) is 168 cm³/mol. The topological polar surface area (TPSA) is 75.4 Å². The molecule has 0 N–H and O–H groups in total. The molecule has 6 aromatic rings. The van der Waals surface area contributed by atoms with E-state index in [2.05, 4.69) is 0 Å². The molecule has 0 aliphatic carbocycles. The van der Waals surface area contributed by atoms with Gasteiger partial charge in [0.2, 0.25) is 11.7 Å². The van der Waals surface area contributed by atoms with Crippen LogP contribution in [0.2, 0.25) is 0 Å². The van der Waals surface area contributed by atoms with Crippen molar-refractivity contribution in [2.45, 2.75) is 12.7 Å². The summed E-state index contributed by atoms with van der Waals surface area (Å²) in [7, 11) is 2.85. The second-order valence-electron chi connectivity index (χ2n) is 10.5. The van der Waals surface area contributed by atoms with Crippen LogP contribution in [0.4, 0.5) is 13.2 Å². The van der Waals surface area contributed by atoms with Crippen LogP contribution in [-0.2, 0) is 22.2 Å². The normalized spacial score (nSPS) is 11.6. The highest BCUT2D eigenvalue weighted by Gasteiger charge is 2.32. The minimum absolute atomic E-state index is 0.273. The average Bonchev–Trinajstić information content (AvgIpc) is 3.65.